The molecule has 6 heteroatoms. The third-order valence-electron chi connectivity index (χ3n) is 4.30. The van der Waals surface area contributed by atoms with Crippen LogP contribution in [0.2, 0.25) is 0 Å². The molecule has 0 atom stereocenters. The maximum absolute atomic E-state index is 12.3. The predicted molar refractivity (Wildman–Crippen MR) is 119 cm³/mol. The van der Waals surface area contributed by atoms with E-state index in [1.165, 1.54) is 16.9 Å². The number of thiazole rings is 1. The second kappa shape index (κ2) is 9.34. The molecule has 4 nitrogen and oxygen atoms in total. The number of nitrogens with zero attached hydrogens (tertiary/aromatic N) is 1. The zero-order valence-corrected chi connectivity index (χ0v) is 18.6. The molecule has 0 radical (unpaired) electrons. The molecular weight excluding hydrogens is 436 g/mol. The Bertz CT molecular complexity index is 934. The number of nitrogens with one attached hydrogen (secondary N) is 1. The average Bonchev–Trinajstić information content (AvgIpc) is 3.10. The maximum Gasteiger partial charge on any atom is 0.264 e. The van der Waals surface area contributed by atoms with E-state index in [1.54, 1.807) is 0 Å². The number of halogens is 1. The molecule has 1 heterocycles. The number of benzene rings is 2. The summed E-state index contributed by atoms with van der Waals surface area (Å²) in [7, 11) is 0. The van der Waals surface area contributed by atoms with Crippen molar-refractivity contribution in [3.8, 4) is 17.0 Å². The minimum absolute atomic E-state index is 0.0460. The fourth-order valence-electron chi connectivity index (χ4n) is 2.73. The van der Waals surface area contributed by atoms with Gasteiger partial charge in [0.1, 0.15) is 5.75 Å². The number of carbonyl (C=O) groups excluding carboxylic acids is 1. The summed E-state index contributed by atoms with van der Waals surface area (Å²) in [5.41, 5.74) is 3.20. The van der Waals surface area contributed by atoms with Crippen LogP contribution in [-0.2, 0) is 11.2 Å². The Balaban J connectivity index is 1.63. The highest BCUT2D eigenvalue weighted by Gasteiger charge is 2.14. The minimum Gasteiger partial charge on any atom is -0.484 e. The summed E-state index contributed by atoms with van der Waals surface area (Å²) in [5.74, 6) is 0.935. The minimum atomic E-state index is -0.216. The highest BCUT2D eigenvalue weighted by Crippen LogP contribution is 2.32. The smallest absolute Gasteiger partial charge is 0.264 e. The van der Waals surface area contributed by atoms with Gasteiger partial charge < -0.3 is 4.74 Å². The zero-order valence-electron chi connectivity index (χ0n) is 16.2. The largest absolute Gasteiger partial charge is 0.484 e. The number of hydrogen-bond donors (Lipinski definition) is 1. The van der Waals surface area contributed by atoms with Crippen molar-refractivity contribution in [1.29, 1.82) is 0 Å². The third-order valence-corrected chi connectivity index (χ3v) is 5.94. The van der Waals surface area contributed by atoms with Crippen LogP contribution in [0.15, 0.2) is 53.0 Å². The molecule has 0 saturated carbocycles. The van der Waals surface area contributed by atoms with Gasteiger partial charge in [0.05, 0.1) is 5.69 Å². The number of hydrogen-bond acceptors (Lipinski definition) is 4. The highest BCUT2D eigenvalue weighted by atomic mass is 79.9. The van der Waals surface area contributed by atoms with E-state index in [9.17, 15) is 4.79 Å². The lowest BCUT2D eigenvalue weighted by molar-refractivity contribution is -0.118. The molecule has 0 bridgehead atoms. The molecule has 3 aromatic rings. The molecule has 3 rings (SSSR count). The Morgan fingerprint density at radius 2 is 1.82 bits per heavy atom. The van der Waals surface area contributed by atoms with Crippen molar-refractivity contribution in [1.82, 2.24) is 4.98 Å². The lowest BCUT2D eigenvalue weighted by Crippen LogP contribution is -2.20. The molecule has 0 aliphatic heterocycles. The Morgan fingerprint density at radius 3 is 2.43 bits per heavy atom. The van der Waals surface area contributed by atoms with Crippen molar-refractivity contribution in [3.63, 3.8) is 0 Å². The predicted octanol–water partition coefficient (Wildman–Crippen LogP) is 6.28. The number of rotatable bonds is 7. The van der Waals surface area contributed by atoms with E-state index in [0.29, 0.717) is 16.8 Å². The van der Waals surface area contributed by atoms with E-state index in [4.69, 9.17) is 4.74 Å². The van der Waals surface area contributed by atoms with Crippen molar-refractivity contribution in [2.45, 2.75) is 33.1 Å². The Morgan fingerprint density at radius 1 is 1.14 bits per heavy atom. The Labute approximate surface area is 178 Å². The molecule has 0 saturated heterocycles. The molecule has 0 fully saturated rings. The van der Waals surface area contributed by atoms with Crippen LogP contribution in [0.25, 0.3) is 11.3 Å². The van der Waals surface area contributed by atoms with Crippen LogP contribution < -0.4 is 10.1 Å². The lowest BCUT2D eigenvalue weighted by Gasteiger charge is -2.08. The van der Waals surface area contributed by atoms with Gasteiger partial charge in [0.25, 0.3) is 5.91 Å². The standard InChI is InChI=1S/C22H23BrN2O2S/c1-4-19-21(16-5-9-17(23)10-6-16)25-22(28-19)24-20(26)13-27-18-11-7-15(8-12-18)14(2)3/h5-12,14H,4,13H2,1-3H3,(H,24,25,26). The van der Waals surface area contributed by atoms with Crippen LogP contribution in [0.1, 0.15) is 37.1 Å². The molecule has 0 aliphatic rings. The molecule has 1 N–H and O–H groups in total. The molecule has 0 spiro atoms. The average molecular weight is 459 g/mol. The van der Waals surface area contributed by atoms with Gasteiger partial charge >= 0.3 is 0 Å². The summed E-state index contributed by atoms with van der Waals surface area (Å²) >= 11 is 4.95. The highest BCUT2D eigenvalue weighted by molar-refractivity contribution is 9.10. The number of anilines is 1. The summed E-state index contributed by atoms with van der Waals surface area (Å²) in [6.07, 6.45) is 0.859. The monoisotopic (exact) mass is 458 g/mol. The second-order valence-electron chi connectivity index (χ2n) is 6.71. The first kappa shape index (κ1) is 20.6. The van der Waals surface area contributed by atoms with Crippen molar-refractivity contribution >= 4 is 38.3 Å². The molecule has 0 aliphatic carbocycles. The van der Waals surface area contributed by atoms with Crippen LogP contribution >= 0.6 is 27.3 Å². The number of aromatic nitrogens is 1. The molecule has 2 aromatic carbocycles. The number of aryl methyl sites for hydroxylation is 1. The molecule has 0 unspecified atom stereocenters. The number of amides is 1. The molecule has 146 valence electrons. The zero-order chi connectivity index (χ0) is 20.1. The topological polar surface area (TPSA) is 51.2 Å². The summed E-state index contributed by atoms with van der Waals surface area (Å²) in [6.45, 7) is 6.33. The van der Waals surface area contributed by atoms with E-state index in [0.717, 1.165) is 27.0 Å². The third kappa shape index (κ3) is 5.20. The Hall–Kier alpha value is -2.18. The van der Waals surface area contributed by atoms with Gasteiger partial charge in [-0.15, -0.1) is 11.3 Å². The van der Waals surface area contributed by atoms with Crippen molar-refractivity contribution in [3.05, 3.63) is 63.4 Å². The van der Waals surface area contributed by atoms with Crippen LogP contribution in [0.4, 0.5) is 5.13 Å². The van der Waals surface area contributed by atoms with Gasteiger partial charge in [-0.05, 0) is 42.2 Å². The molecule has 28 heavy (non-hydrogen) atoms. The summed E-state index contributed by atoms with van der Waals surface area (Å²) < 4.78 is 6.62. The van der Waals surface area contributed by atoms with Gasteiger partial charge in [0, 0.05) is 14.9 Å². The van der Waals surface area contributed by atoms with Gasteiger partial charge in [-0.25, -0.2) is 4.98 Å². The summed E-state index contributed by atoms with van der Waals surface area (Å²) in [6, 6.07) is 15.9. The SMILES string of the molecule is CCc1sc(NC(=O)COc2ccc(C(C)C)cc2)nc1-c1ccc(Br)cc1. The summed E-state index contributed by atoms with van der Waals surface area (Å²) in [5, 5.41) is 3.45. The first-order valence-corrected chi connectivity index (χ1v) is 10.9. The quantitative estimate of drug-likeness (QED) is 0.453. The molecule has 1 aromatic heterocycles. The van der Waals surface area contributed by atoms with Crippen molar-refractivity contribution in [2.75, 3.05) is 11.9 Å². The first-order chi connectivity index (χ1) is 13.5. The van der Waals surface area contributed by atoms with Crippen LogP contribution in [-0.4, -0.2) is 17.5 Å². The molecular formula is C22H23BrN2O2S. The van der Waals surface area contributed by atoms with E-state index in [1.807, 2.05) is 48.5 Å². The van der Waals surface area contributed by atoms with Crippen LogP contribution in [0.3, 0.4) is 0 Å². The Kier molecular flexibility index (Phi) is 6.86. The van der Waals surface area contributed by atoms with Crippen LogP contribution in [0.5, 0.6) is 5.75 Å². The van der Waals surface area contributed by atoms with Gasteiger partial charge in [0.2, 0.25) is 0 Å². The second-order valence-corrected chi connectivity index (χ2v) is 8.71. The number of ether oxygens (including phenoxy) is 1. The summed E-state index contributed by atoms with van der Waals surface area (Å²) in [4.78, 5) is 18.0. The first-order valence-electron chi connectivity index (χ1n) is 9.24. The van der Waals surface area contributed by atoms with Crippen molar-refractivity contribution < 1.29 is 9.53 Å². The van der Waals surface area contributed by atoms with E-state index in [2.05, 4.69) is 47.0 Å². The van der Waals surface area contributed by atoms with Gasteiger partial charge in [0.15, 0.2) is 11.7 Å². The number of carbonyl (C=O) groups is 1. The fourth-order valence-corrected chi connectivity index (χ4v) is 3.94. The molecule has 1 amide bonds. The fraction of sp³-hybridized carbons (Fsp3) is 0.273. The van der Waals surface area contributed by atoms with E-state index < -0.39 is 0 Å². The van der Waals surface area contributed by atoms with Crippen molar-refractivity contribution in [2.24, 2.45) is 0 Å². The lowest BCUT2D eigenvalue weighted by atomic mass is 10.0. The van der Waals surface area contributed by atoms with Gasteiger partial charge in [-0.3, -0.25) is 10.1 Å². The maximum atomic E-state index is 12.3. The van der Waals surface area contributed by atoms with E-state index >= 15 is 0 Å². The van der Waals surface area contributed by atoms with Gasteiger partial charge in [-0.1, -0.05) is 61.0 Å². The van der Waals surface area contributed by atoms with E-state index in [-0.39, 0.29) is 12.5 Å². The van der Waals surface area contributed by atoms with Gasteiger partial charge in [-0.2, -0.15) is 0 Å². The normalized spacial score (nSPS) is 10.9. The van der Waals surface area contributed by atoms with Crippen LogP contribution in [0, 0.1) is 0 Å².